The van der Waals surface area contributed by atoms with Crippen molar-refractivity contribution in [1.29, 1.82) is 0 Å². The Labute approximate surface area is 98.3 Å². The van der Waals surface area contributed by atoms with Gasteiger partial charge in [0.25, 0.3) is 0 Å². The zero-order chi connectivity index (χ0) is 12.7. The Bertz CT molecular complexity index is 396. The van der Waals surface area contributed by atoms with Crippen LogP contribution in [0.4, 0.5) is 13.2 Å². The summed E-state index contributed by atoms with van der Waals surface area (Å²) in [6, 6.07) is 5.04. The lowest BCUT2D eigenvalue weighted by Gasteiger charge is -2.11. The van der Waals surface area contributed by atoms with Crippen molar-refractivity contribution in [1.82, 2.24) is 0 Å². The van der Waals surface area contributed by atoms with Crippen molar-refractivity contribution in [3.63, 3.8) is 0 Å². The Morgan fingerprint density at radius 2 is 1.88 bits per heavy atom. The van der Waals surface area contributed by atoms with Crippen molar-refractivity contribution in [2.75, 3.05) is 0 Å². The van der Waals surface area contributed by atoms with Gasteiger partial charge in [-0.2, -0.15) is 13.2 Å². The van der Waals surface area contributed by atoms with E-state index < -0.39 is 17.3 Å². The van der Waals surface area contributed by atoms with Gasteiger partial charge in [-0.15, -0.1) is 0 Å². The highest BCUT2D eigenvalue weighted by Gasteiger charge is 2.51. The van der Waals surface area contributed by atoms with E-state index in [1.54, 1.807) is 0 Å². The molecule has 0 amide bonds. The monoisotopic (exact) mass is 244 g/mol. The molecule has 1 fully saturated rings. The zero-order valence-electron chi connectivity index (χ0n) is 9.59. The molecule has 2 unspecified atom stereocenters. The molecule has 1 aliphatic carbocycles. The molecule has 17 heavy (non-hydrogen) atoms. The summed E-state index contributed by atoms with van der Waals surface area (Å²) in [5, 5.41) is 10.0. The van der Waals surface area contributed by atoms with Gasteiger partial charge in [-0.1, -0.05) is 25.5 Å². The van der Waals surface area contributed by atoms with Crippen LogP contribution in [0.3, 0.4) is 0 Å². The quantitative estimate of drug-likeness (QED) is 0.863. The lowest BCUT2D eigenvalue weighted by Crippen LogP contribution is -2.15. The molecule has 2 rings (SSSR count). The highest BCUT2D eigenvalue weighted by atomic mass is 19.4. The standard InChI is InChI=1S/C13H15F3O/c1-2-10-8-12(10,17)7-9-3-5-11(6-4-9)13(14,15)16/h3-6,10,17H,2,7-8H2,1H3. The van der Waals surface area contributed by atoms with E-state index in [2.05, 4.69) is 0 Å². The third-order valence-electron chi connectivity index (χ3n) is 3.48. The first-order valence-electron chi connectivity index (χ1n) is 5.73. The van der Waals surface area contributed by atoms with Crippen LogP contribution in [0, 0.1) is 5.92 Å². The van der Waals surface area contributed by atoms with Gasteiger partial charge in [0.05, 0.1) is 11.2 Å². The van der Waals surface area contributed by atoms with E-state index in [0.29, 0.717) is 12.3 Å². The van der Waals surface area contributed by atoms with E-state index in [9.17, 15) is 18.3 Å². The first kappa shape index (κ1) is 12.4. The van der Waals surface area contributed by atoms with E-state index in [0.717, 1.165) is 30.5 Å². The van der Waals surface area contributed by atoms with Crippen molar-refractivity contribution in [2.24, 2.45) is 5.92 Å². The molecule has 1 aromatic rings. The Morgan fingerprint density at radius 1 is 1.29 bits per heavy atom. The minimum absolute atomic E-state index is 0.296. The summed E-state index contributed by atoms with van der Waals surface area (Å²) in [7, 11) is 0. The molecule has 0 aromatic heterocycles. The topological polar surface area (TPSA) is 20.2 Å². The molecule has 1 nitrogen and oxygen atoms in total. The van der Waals surface area contributed by atoms with Gasteiger partial charge >= 0.3 is 6.18 Å². The fourth-order valence-electron chi connectivity index (χ4n) is 2.27. The molecule has 0 radical (unpaired) electrons. The molecule has 0 saturated heterocycles. The third kappa shape index (κ3) is 2.63. The van der Waals surface area contributed by atoms with Crippen LogP contribution in [0.2, 0.25) is 0 Å². The van der Waals surface area contributed by atoms with Crippen LogP contribution in [-0.2, 0) is 12.6 Å². The Hall–Kier alpha value is -1.03. The normalized spacial score (nSPS) is 28.2. The number of hydrogen-bond acceptors (Lipinski definition) is 1. The second-order valence-corrected chi connectivity index (χ2v) is 4.78. The number of rotatable bonds is 3. The summed E-state index contributed by atoms with van der Waals surface area (Å²) in [4.78, 5) is 0. The molecule has 94 valence electrons. The van der Waals surface area contributed by atoms with Gasteiger partial charge in [0.1, 0.15) is 0 Å². The molecule has 1 saturated carbocycles. The maximum atomic E-state index is 12.3. The number of aliphatic hydroxyl groups is 1. The number of halogens is 3. The summed E-state index contributed by atoms with van der Waals surface area (Å²) in [6.45, 7) is 2.01. The van der Waals surface area contributed by atoms with Crippen molar-refractivity contribution >= 4 is 0 Å². The predicted molar refractivity (Wildman–Crippen MR) is 58.5 cm³/mol. The molecule has 2 atom stereocenters. The highest BCUT2D eigenvalue weighted by Crippen LogP contribution is 2.47. The van der Waals surface area contributed by atoms with Crippen molar-refractivity contribution in [3.8, 4) is 0 Å². The third-order valence-corrected chi connectivity index (χ3v) is 3.48. The van der Waals surface area contributed by atoms with E-state index in [1.807, 2.05) is 6.92 Å². The van der Waals surface area contributed by atoms with Crippen molar-refractivity contribution in [3.05, 3.63) is 35.4 Å². The first-order chi connectivity index (χ1) is 7.85. The highest BCUT2D eigenvalue weighted by molar-refractivity contribution is 5.27. The molecule has 1 aromatic carbocycles. The Morgan fingerprint density at radius 3 is 2.29 bits per heavy atom. The number of hydrogen-bond donors (Lipinski definition) is 1. The Balaban J connectivity index is 2.05. The van der Waals surface area contributed by atoms with Gasteiger partial charge in [0.2, 0.25) is 0 Å². The molecular weight excluding hydrogens is 229 g/mol. The van der Waals surface area contributed by atoms with Crippen LogP contribution < -0.4 is 0 Å². The lowest BCUT2D eigenvalue weighted by molar-refractivity contribution is -0.137. The largest absolute Gasteiger partial charge is 0.416 e. The number of benzene rings is 1. The first-order valence-corrected chi connectivity index (χ1v) is 5.73. The van der Waals surface area contributed by atoms with Crippen LogP contribution in [0.25, 0.3) is 0 Å². The van der Waals surface area contributed by atoms with Crippen LogP contribution in [0.1, 0.15) is 30.9 Å². The summed E-state index contributed by atoms with van der Waals surface area (Å²) in [6.07, 6.45) is -2.17. The van der Waals surface area contributed by atoms with Crippen LogP contribution >= 0.6 is 0 Å². The summed E-state index contributed by atoms with van der Waals surface area (Å²) < 4.78 is 37.0. The minimum atomic E-state index is -4.29. The van der Waals surface area contributed by atoms with E-state index >= 15 is 0 Å². The summed E-state index contributed by atoms with van der Waals surface area (Å²) >= 11 is 0. The SMILES string of the molecule is CCC1CC1(O)Cc1ccc(C(F)(F)F)cc1. The van der Waals surface area contributed by atoms with Gasteiger partial charge in [0.15, 0.2) is 0 Å². The smallest absolute Gasteiger partial charge is 0.389 e. The molecule has 1 N–H and O–H groups in total. The zero-order valence-corrected chi connectivity index (χ0v) is 9.59. The van der Waals surface area contributed by atoms with E-state index in [-0.39, 0.29) is 0 Å². The maximum Gasteiger partial charge on any atom is 0.416 e. The average molecular weight is 244 g/mol. The van der Waals surface area contributed by atoms with Crippen LogP contribution in [0.5, 0.6) is 0 Å². The fourth-order valence-corrected chi connectivity index (χ4v) is 2.27. The van der Waals surface area contributed by atoms with Crippen LogP contribution in [0.15, 0.2) is 24.3 Å². The van der Waals surface area contributed by atoms with Crippen molar-refractivity contribution < 1.29 is 18.3 Å². The molecule has 0 bridgehead atoms. The van der Waals surface area contributed by atoms with E-state index in [4.69, 9.17) is 0 Å². The van der Waals surface area contributed by atoms with E-state index in [1.165, 1.54) is 12.1 Å². The average Bonchev–Trinajstić information content (AvgIpc) is 2.88. The number of alkyl halides is 3. The molecule has 0 heterocycles. The second kappa shape index (κ2) is 4.02. The van der Waals surface area contributed by atoms with Gasteiger partial charge < -0.3 is 5.11 Å². The van der Waals surface area contributed by atoms with Crippen LogP contribution in [-0.4, -0.2) is 10.7 Å². The predicted octanol–water partition coefficient (Wildman–Crippen LogP) is 3.41. The van der Waals surface area contributed by atoms with Gasteiger partial charge in [-0.25, -0.2) is 0 Å². The minimum Gasteiger partial charge on any atom is -0.389 e. The van der Waals surface area contributed by atoms with Gasteiger partial charge in [0, 0.05) is 6.42 Å². The Kier molecular flexibility index (Phi) is 2.94. The summed E-state index contributed by atoms with van der Waals surface area (Å²) in [5.74, 6) is 0.296. The van der Waals surface area contributed by atoms with Gasteiger partial charge in [-0.3, -0.25) is 0 Å². The fraction of sp³-hybridized carbons (Fsp3) is 0.538. The van der Waals surface area contributed by atoms with Crippen molar-refractivity contribution in [2.45, 2.75) is 38.0 Å². The maximum absolute atomic E-state index is 12.3. The molecule has 1 aliphatic rings. The summed E-state index contributed by atoms with van der Waals surface area (Å²) in [5.41, 5.74) is -0.568. The molecule has 0 spiro atoms. The molecular formula is C13H15F3O. The lowest BCUT2D eigenvalue weighted by atomic mass is 10.0. The van der Waals surface area contributed by atoms with Gasteiger partial charge in [-0.05, 0) is 30.0 Å². The molecule has 4 heteroatoms. The second-order valence-electron chi connectivity index (χ2n) is 4.78. The molecule has 0 aliphatic heterocycles.